The van der Waals surface area contributed by atoms with Crippen LogP contribution in [0.5, 0.6) is 0 Å². The van der Waals surface area contributed by atoms with Crippen molar-refractivity contribution < 1.29 is 80.2 Å². The van der Waals surface area contributed by atoms with Crippen molar-refractivity contribution in [1.29, 1.82) is 0 Å². The minimum atomic E-state index is -4.95. The summed E-state index contributed by atoms with van der Waals surface area (Å²) < 4.78 is 68.3. The van der Waals surface area contributed by atoms with E-state index < -0.39 is 97.5 Å². The molecule has 0 aliphatic rings. The summed E-state index contributed by atoms with van der Waals surface area (Å²) in [6.07, 6.45) is 44.7. The number of phosphoric acid groups is 2. The molecule has 0 aromatic carbocycles. The van der Waals surface area contributed by atoms with Crippen LogP contribution in [0.3, 0.4) is 0 Å². The van der Waals surface area contributed by atoms with Gasteiger partial charge in [0.15, 0.2) is 12.2 Å². The molecule has 17 nitrogen and oxygen atoms in total. The maximum atomic E-state index is 13.0. The summed E-state index contributed by atoms with van der Waals surface area (Å²) in [5.41, 5.74) is 0. The number of phosphoric ester groups is 2. The molecule has 0 aromatic rings. The van der Waals surface area contributed by atoms with E-state index in [1.165, 1.54) is 154 Å². The number of carbonyl (C=O) groups is 4. The van der Waals surface area contributed by atoms with Gasteiger partial charge in [-0.05, 0) is 49.4 Å². The molecule has 0 heterocycles. The minimum absolute atomic E-state index is 0.102. The number of carbonyl (C=O) groups excluding carboxylic acids is 4. The van der Waals surface area contributed by atoms with Crippen LogP contribution < -0.4 is 0 Å². The highest BCUT2D eigenvalue weighted by atomic mass is 31.2. The van der Waals surface area contributed by atoms with E-state index in [1.54, 1.807) is 0 Å². The molecule has 0 aromatic heterocycles. The largest absolute Gasteiger partial charge is 0.472 e. The lowest BCUT2D eigenvalue weighted by molar-refractivity contribution is -0.161. The second kappa shape index (κ2) is 61.6. The lowest BCUT2D eigenvalue weighted by atomic mass is 10.00. The molecular formula is C72H140O17P2. The first-order valence-corrected chi connectivity index (χ1v) is 40.2. The molecule has 3 N–H and O–H groups in total. The fourth-order valence-corrected chi connectivity index (χ4v) is 12.4. The Labute approximate surface area is 556 Å². The third kappa shape index (κ3) is 65.1. The Bertz CT molecular complexity index is 1800. The Morgan fingerprint density at radius 2 is 0.527 bits per heavy atom. The Balaban J connectivity index is 5.19. The van der Waals surface area contributed by atoms with Gasteiger partial charge in [0.25, 0.3) is 0 Å². The first-order chi connectivity index (χ1) is 43.6. The number of hydrogen-bond acceptors (Lipinski definition) is 15. The van der Waals surface area contributed by atoms with Crippen LogP contribution in [-0.4, -0.2) is 96.7 Å². The van der Waals surface area contributed by atoms with Gasteiger partial charge < -0.3 is 33.8 Å². The van der Waals surface area contributed by atoms with Gasteiger partial charge in [0.1, 0.15) is 19.3 Å². The second-order valence-corrected chi connectivity index (χ2v) is 30.6. The lowest BCUT2D eigenvalue weighted by Gasteiger charge is -2.21. The lowest BCUT2D eigenvalue weighted by Crippen LogP contribution is -2.30. The summed E-state index contributed by atoms with van der Waals surface area (Å²) in [7, 11) is -9.90. The van der Waals surface area contributed by atoms with Crippen LogP contribution in [0.1, 0.15) is 357 Å². The zero-order chi connectivity index (χ0) is 67.5. The molecule has 0 radical (unpaired) electrons. The zero-order valence-corrected chi connectivity index (χ0v) is 61.3. The molecule has 6 atom stereocenters. The van der Waals surface area contributed by atoms with Crippen LogP contribution in [0.15, 0.2) is 0 Å². The Morgan fingerprint density at radius 1 is 0.308 bits per heavy atom. The van der Waals surface area contributed by atoms with E-state index in [0.717, 1.165) is 114 Å². The summed E-state index contributed by atoms with van der Waals surface area (Å²) in [6, 6.07) is 0. The SMILES string of the molecule is CCC(C)CCCCCCCCC(=O)OC[C@H](COP(=O)(O)OC[C@H](O)COP(=O)(O)OC[C@@H](COC(=O)CCCCCCCCCCCCCC(C)C)OC(=O)CCCCCCCCC(C)C)OC(=O)CCCCCCCCCCCCCCCCCC(C)C. The maximum absolute atomic E-state index is 13.0. The van der Waals surface area contributed by atoms with Gasteiger partial charge in [0, 0.05) is 25.7 Å². The number of aliphatic hydroxyl groups excluding tert-OH is 1. The van der Waals surface area contributed by atoms with Crippen molar-refractivity contribution in [3.8, 4) is 0 Å². The van der Waals surface area contributed by atoms with E-state index in [9.17, 15) is 43.2 Å². The van der Waals surface area contributed by atoms with Gasteiger partial charge in [0.2, 0.25) is 0 Å². The summed E-state index contributed by atoms with van der Waals surface area (Å²) in [5.74, 6) is 0.842. The average Bonchev–Trinajstić information content (AvgIpc) is 3.67. The molecule has 0 bridgehead atoms. The zero-order valence-electron chi connectivity index (χ0n) is 59.5. The molecule has 0 spiro atoms. The molecule has 0 saturated carbocycles. The molecule has 0 saturated heterocycles. The van der Waals surface area contributed by atoms with E-state index in [1.807, 2.05) is 0 Å². The fourth-order valence-electron chi connectivity index (χ4n) is 10.8. The first-order valence-electron chi connectivity index (χ1n) is 37.2. The normalized spacial score (nSPS) is 14.5. The predicted octanol–water partition coefficient (Wildman–Crippen LogP) is 20.5. The van der Waals surface area contributed by atoms with E-state index in [4.69, 9.17) is 37.0 Å². The van der Waals surface area contributed by atoms with Crippen molar-refractivity contribution in [3.63, 3.8) is 0 Å². The topological polar surface area (TPSA) is 237 Å². The fraction of sp³-hybridized carbons (Fsp3) is 0.944. The summed E-state index contributed by atoms with van der Waals surface area (Å²) in [6.45, 7) is 14.1. The van der Waals surface area contributed by atoms with Crippen LogP contribution in [0.25, 0.3) is 0 Å². The third-order valence-electron chi connectivity index (χ3n) is 16.9. The number of ether oxygens (including phenoxy) is 4. The Kier molecular flexibility index (Phi) is 60.3. The van der Waals surface area contributed by atoms with Crippen LogP contribution in [0.4, 0.5) is 0 Å². The van der Waals surface area contributed by atoms with Crippen molar-refractivity contribution in [3.05, 3.63) is 0 Å². The van der Waals surface area contributed by atoms with Gasteiger partial charge in [-0.2, -0.15) is 0 Å². The summed E-state index contributed by atoms with van der Waals surface area (Å²) >= 11 is 0. The van der Waals surface area contributed by atoms with Gasteiger partial charge in [-0.25, -0.2) is 9.13 Å². The van der Waals surface area contributed by atoms with Crippen LogP contribution in [0.2, 0.25) is 0 Å². The van der Waals surface area contributed by atoms with E-state index in [0.29, 0.717) is 31.6 Å². The highest BCUT2D eigenvalue weighted by molar-refractivity contribution is 7.47. The number of rotatable bonds is 69. The summed E-state index contributed by atoms with van der Waals surface area (Å²) in [4.78, 5) is 72.6. The van der Waals surface area contributed by atoms with Gasteiger partial charge >= 0.3 is 39.5 Å². The molecule has 0 amide bonds. The number of unbranched alkanes of at least 4 members (excludes halogenated alkanes) is 34. The monoisotopic (exact) mass is 1340 g/mol. The standard InChI is InChI=1S/C72H140O17P2/c1-9-65(8)51-43-35-29-31-37-45-53-70(75)83-59-67(88-71(76)54-46-38-27-23-18-14-12-10-11-13-16-20-24-32-40-48-62(2)3)60-86-90(78,79)84-56-66(73)57-85-91(80,81)87-61-68(89-72(77)55-47-39-30-28-34-42-50-64(6)7)58-82-69(74)52-44-36-26-22-19-15-17-21-25-33-41-49-63(4)5/h62-68,73H,9-61H2,1-8H3,(H,78,79)(H,80,81)/t65?,66-,67+,68+/m0/s1. The molecular weight excluding hydrogens is 1200 g/mol. The van der Waals surface area contributed by atoms with Gasteiger partial charge in [0.05, 0.1) is 26.4 Å². The summed E-state index contributed by atoms with van der Waals surface area (Å²) in [5, 5.41) is 10.6. The highest BCUT2D eigenvalue weighted by Crippen LogP contribution is 2.45. The molecule has 0 aliphatic carbocycles. The number of aliphatic hydroxyl groups is 1. The van der Waals surface area contributed by atoms with Crippen LogP contribution in [-0.2, 0) is 65.4 Å². The quantitative estimate of drug-likeness (QED) is 0.0222. The highest BCUT2D eigenvalue weighted by Gasteiger charge is 2.30. The van der Waals surface area contributed by atoms with Gasteiger partial charge in [-0.3, -0.25) is 37.3 Å². The van der Waals surface area contributed by atoms with Gasteiger partial charge in [-0.15, -0.1) is 0 Å². The number of hydrogen-bond donors (Lipinski definition) is 3. The van der Waals surface area contributed by atoms with Crippen LogP contribution >= 0.6 is 15.6 Å². The third-order valence-corrected chi connectivity index (χ3v) is 18.8. The maximum Gasteiger partial charge on any atom is 0.472 e. The van der Waals surface area contributed by atoms with Crippen molar-refractivity contribution in [1.82, 2.24) is 0 Å². The van der Waals surface area contributed by atoms with E-state index in [-0.39, 0.29) is 25.7 Å². The first kappa shape index (κ1) is 89.1. The molecule has 0 rings (SSSR count). The predicted molar refractivity (Wildman–Crippen MR) is 367 cm³/mol. The molecule has 91 heavy (non-hydrogen) atoms. The van der Waals surface area contributed by atoms with Crippen molar-refractivity contribution in [2.24, 2.45) is 23.7 Å². The Hall–Kier alpha value is -1.94. The number of esters is 4. The van der Waals surface area contributed by atoms with Crippen molar-refractivity contribution in [2.45, 2.75) is 375 Å². The van der Waals surface area contributed by atoms with Gasteiger partial charge in [-0.1, -0.05) is 306 Å². The average molecular weight is 1340 g/mol. The van der Waals surface area contributed by atoms with E-state index >= 15 is 0 Å². The molecule has 540 valence electrons. The minimum Gasteiger partial charge on any atom is -0.462 e. The molecule has 0 fully saturated rings. The van der Waals surface area contributed by atoms with E-state index in [2.05, 4.69) is 55.4 Å². The molecule has 3 unspecified atom stereocenters. The Morgan fingerprint density at radius 3 is 0.780 bits per heavy atom. The second-order valence-electron chi connectivity index (χ2n) is 27.6. The van der Waals surface area contributed by atoms with Crippen molar-refractivity contribution in [2.75, 3.05) is 39.6 Å². The molecule has 19 heteroatoms. The van der Waals surface area contributed by atoms with Crippen LogP contribution in [0, 0.1) is 23.7 Å². The van der Waals surface area contributed by atoms with Crippen molar-refractivity contribution >= 4 is 39.5 Å². The molecule has 0 aliphatic heterocycles. The smallest absolute Gasteiger partial charge is 0.462 e.